The quantitative estimate of drug-likeness (QED) is 0.130. The fourth-order valence-corrected chi connectivity index (χ4v) is 12.3. The van der Waals surface area contributed by atoms with E-state index in [4.69, 9.17) is 0 Å². The van der Waals surface area contributed by atoms with Gasteiger partial charge in [-0.25, -0.2) is 0 Å². The predicted octanol–water partition coefficient (Wildman–Crippen LogP) is 19.6. The topological polar surface area (TPSA) is 3.24 Å². The summed E-state index contributed by atoms with van der Waals surface area (Å²) in [6, 6.07) is 110. The van der Waals surface area contributed by atoms with E-state index >= 15 is 0 Å². The van der Waals surface area contributed by atoms with Crippen LogP contribution >= 0.6 is 0 Å². The molecule has 0 atom stereocenters. The highest BCUT2D eigenvalue weighted by molar-refractivity contribution is 6.24. The zero-order valence-corrected chi connectivity index (χ0v) is 40.7. The molecule has 0 saturated heterocycles. The number of benzene rings is 13. The highest BCUT2D eigenvalue weighted by atomic mass is 15.2. The molecular weight excluding hydrogens is 891 g/mol. The molecule has 14 rings (SSSR count). The van der Waals surface area contributed by atoms with Gasteiger partial charge in [-0.3, -0.25) is 0 Å². The van der Waals surface area contributed by atoms with Gasteiger partial charge in [0.15, 0.2) is 0 Å². The van der Waals surface area contributed by atoms with Crippen LogP contribution in [0.5, 0.6) is 0 Å². The van der Waals surface area contributed by atoms with E-state index in [1.165, 1.54) is 105 Å². The van der Waals surface area contributed by atoms with Crippen molar-refractivity contribution in [2.45, 2.75) is 5.41 Å². The van der Waals surface area contributed by atoms with Crippen molar-refractivity contribution in [2.75, 3.05) is 4.90 Å². The van der Waals surface area contributed by atoms with E-state index < -0.39 is 5.41 Å². The number of hydrogen-bond acceptors (Lipinski definition) is 1. The summed E-state index contributed by atoms with van der Waals surface area (Å²) in [6.07, 6.45) is 0. The Morgan fingerprint density at radius 3 is 1.36 bits per heavy atom. The minimum atomic E-state index is -0.571. The standard InChI is InChI=1S/C73H49N/c1-4-21-50(22-5-1)55-25-18-26-56(49-55)53-43-41-51(42-44-53)52-45-47-59(48-46-52)74(72-65-35-15-13-33-62(65)61-32-12-14-34-64(61)70(72)63-37-19-24-54-23-10-11-31-60(54)63)69-40-20-39-68-71(69)66-36-16-17-38-67(66)73(68,57-27-6-2-7-28-57)58-29-8-3-9-30-58/h1-49H. The number of fused-ring (bicyclic) bond motifs is 7. The largest absolute Gasteiger partial charge is 0.309 e. The third-order valence-corrected chi connectivity index (χ3v) is 15.5. The summed E-state index contributed by atoms with van der Waals surface area (Å²) in [5.41, 5.74) is 19.8. The van der Waals surface area contributed by atoms with Gasteiger partial charge in [-0.1, -0.05) is 273 Å². The molecule has 0 spiro atoms. The Morgan fingerprint density at radius 2 is 0.689 bits per heavy atom. The molecule has 1 heteroatoms. The van der Waals surface area contributed by atoms with Gasteiger partial charge in [0, 0.05) is 22.2 Å². The Labute approximate surface area is 432 Å². The summed E-state index contributed by atoms with van der Waals surface area (Å²) >= 11 is 0. The average Bonchev–Trinajstić information content (AvgIpc) is 3.81. The van der Waals surface area contributed by atoms with Crippen LogP contribution in [0.1, 0.15) is 22.3 Å². The van der Waals surface area contributed by atoms with Crippen molar-refractivity contribution in [3.05, 3.63) is 320 Å². The van der Waals surface area contributed by atoms with Gasteiger partial charge in [0.1, 0.15) is 0 Å². The molecule has 0 radical (unpaired) electrons. The van der Waals surface area contributed by atoms with Crippen LogP contribution in [-0.4, -0.2) is 0 Å². The van der Waals surface area contributed by atoms with Crippen molar-refractivity contribution < 1.29 is 0 Å². The second-order valence-corrected chi connectivity index (χ2v) is 19.5. The van der Waals surface area contributed by atoms with Gasteiger partial charge in [0.25, 0.3) is 0 Å². The van der Waals surface area contributed by atoms with E-state index in [0.29, 0.717) is 0 Å². The first-order valence-corrected chi connectivity index (χ1v) is 25.7. The Hall–Kier alpha value is -9.56. The monoisotopic (exact) mass is 939 g/mol. The first-order chi connectivity index (χ1) is 36.7. The minimum absolute atomic E-state index is 0.571. The molecule has 0 amide bonds. The maximum absolute atomic E-state index is 2.60. The molecule has 0 aliphatic heterocycles. The van der Waals surface area contributed by atoms with Gasteiger partial charge in [0.2, 0.25) is 0 Å². The Morgan fingerprint density at radius 1 is 0.257 bits per heavy atom. The fraction of sp³-hybridized carbons (Fsp3) is 0.0137. The summed E-state index contributed by atoms with van der Waals surface area (Å²) in [4.78, 5) is 2.60. The number of nitrogens with zero attached hydrogens (tertiary/aromatic N) is 1. The third kappa shape index (κ3) is 6.93. The normalized spacial score (nSPS) is 12.4. The van der Waals surface area contributed by atoms with E-state index in [1.54, 1.807) is 0 Å². The fourth-order valence-electron chi connectivity index (χ4n) is 12.3. The molecule has 0 unspecified atom stereocenters. The van der Waals surface area contributed by atoms with Gasteiger partial charge < -0.3 is 4.90 Å². The zero-order valence-electron chi connectivity index (χ0n) is 40.7. The van der Waals surface area contributed by atoms with Gasteiger partial charge in [-0.15, -0.1) is 0 Å². The second-order valence-electron chi connectivity index (χ2n) is 19.5. The summed E-state index contributed by atoms with van der Waals surface area (Å²) in [6.45, 7) is 0. The van der Waals surface area contributed by atoms with Crippen LogP contribution in [0, 0.1) is 0 Å². The van der Waals surface area contributed by atoms with Crippen LogP contribution in [0.3, 0.4) is 0 Å². The Kier molecular flexibility index (Phi) is 10.5. The van der Waals surface area contributed by atoms with Gasteiger partial charge in [0.05, 0.1) is 16.8 Å². The summed E-state index contributed by atoms with van der Waals surface area (Å²) < 4.78 is 0. The third-order valence-electron chi connectivity index (χ3n) is 15.5. The van der Waals surface area contributed by atoms with E-state index in [9.17, 15) is 0 Å². The summed E-state index contributed by atoms with van der Waals surface area (Å²) in [7, 11) is 0. The van der Waals surface area contributed by atoms with E-state index in [1.807, 2.05) is 0 Å². The first-order valence-electron chi connectivity index (χ1n) is 25.7. The molecule has 1 aliphatic rings. The highest BCUT2D eigenvalue weighted by Crippen LogP contribution is 2.61. The second kappa shape index (κ2) is 17.9. The molecular formula is C73H49N. The smallest absolute Gasteiger partial charge is 0.0714 e. The number of rotatable bonds is 9. The average molecular weight is 940 g/mol. The van der Waals surface area contributed by atoms with E-state index in [2.05, 4.69) is 302 Å². The van der Waals surface area contributed by atoms with Crippen molar-refractivity contribution in [3.63, 3.8) is 0 Å². The lowest BCUT2D eigenvalue weighted by Gasteiger charge is -2.35. The molecule has 0 aromatic heterocycles. The molecule has 0 saturated carbocycles. The van der Waals surface area contributed by atoms with Crippen LogP contribution in [0.4, 0.5) is 17.1 Å². The van der Waals surface area contributed by atoms with E-state index in [0.717, 1.165) is 22.6 Å². The lowest BCUT2D eigenvalue weighted by Crippen LogP contribution is -2.28. The van der Waals surface area contributed by atoms with Crippen LogP contribution in [0.15, 0.2) is 297 Å². The summed E-state index contributed by atoms with van der Waals surface area (Å²) in [5.74, 6) is 0. The molecule has 13 aromatic rings. The van der Waals surface area contributed by atoms with Gasteiger partial charge in [-0.2, -0.15) is 0 Å². The van der Waals surface area contributed by atoms with Crippen molar-refractivity contribution in [1.29, 1.82) is 0 Å². The Bertz CT molecular complexity index is 4170. The van der Waals surface area contributed by atoms with Crippen molar-refractivity contribution in [2.24, 2.45) is 0 Å². The molecule has 1 nitrogen and oxygen atoms in total. The maximum atomic E-state index is 2.60. The molecule has 0 N–H and O–H groups in total. The van der Waals surface area contributed by atoms with Gasteiger partial charge >= 0.3 is 0 Å². The lowest BCUT2D eigenvalue weighted by atomic mass is 9.68. The molecule has 0 bridgehead atoms. The zero-order chi connectivity index (χ0) is 49.0. The summed E-state index contributed by atoms with van der Waals surface area (Å²) in [5, 5.41) is 7.28. The minimum Gasteiger partial charge on any atom is -0.309 e. The SMILES string of the molecule is c1ccc(-c2cccc(-c3ccc(-c4ccc(N(c5cccc6c5-c5ccccc5C6(c5ccccc5)c5ccccc5)c5c(-c6cccc7ccccc67)c6ccccc6c6ccccc56)cc4)cc3)c2)cc1. The first kappa shape index (κ1) is 43.2. The van der Waals surface area contributed by atoms with E-state index in [-0.39, 0.29) is 0 Å². The lowest BCUT2D eigenvalue weighted by molar-refractivity contribution is 0.768. The van der Waals surface area contributed by atoms with Crippen molar-refractivity contribution in [1.82, 2.24) is 0 Å². The molecule has 1 aliphatic carbocycles. The molecule has 74 heavy (non-hydrogen) atoms. The number of hydrogen-bond donors (Lipinski definition) is 0. The highest BCUT2D eigenvalue weighted by Gasteiger charge is 2.47. The predicted molar refractivity (Wildman–Crippen MR) is 313 cm³/mol. The molecule has 0 heterocycles. The number of anilines is 3. The van der Waals surface area contributed by atoms with Crippen molar-refractivity contribution in [3.8, 4) is 55.6 Å². The molecule has 13 aromatic carbocycles. The van der Waals surface area contributed by atoms with Gasteiger partial charge in [-0.05, 0) is 118 Å². The molecule has 0 fully saturated rings. The van der Waals surface area contributed by atoms with Crippen LogP contribution in [-0.2, 0) is 5.41 Å². The van der Waals surface area contributed by atoms with Crippen LogP contribution < -0.4 is 4.90 Å². The van der Waals surface area contributed by atoms with Crippen molar-refractivity contribution >= 4 is 49.4 Å². The molecule has 346 valence electrons. The maximum Gasteiger partial charge on any atom is 0.0714 e. The van der Waals surface area contributed by atoms with Crippen LogP contribution in [0.25, 0.3) is 88.0 Å². The van der Waals surface area contributed by atoms with Crippen LogP contribution in [0.2, 0.25) is 0 Å². The Balaban J connectivity index is 1.03.